The summed E-state index contributed by atoms with van der Waals surface area (Å²) in [5, 5.41) is 1.36. The number of carbonyl (C=O) groups excluding carboxylic acids is 1. The normalized spacial score (nSPS) is 11.1. The molecule has 0 fully saturated rings. The minimum Gasteiger partial charge on any atom is -0.497 e. The van der Waals surface area contributed by atoms with Gasteiger partial charge in [0.15, 0.2) is 22.2 Å². The molecule has 0 saturated heterocycles. The second-order valence-electron chi connectivity index (χ2n) is 7.07. The molecular formula is C24H19N3O4S. The molecule has 2 aromatic carbocycles. The molecule has 0 unspecified atom stereocenters. The number of benzene rings is 2. The van der Waals surface area contributed by atoms with Crippen LogP contribution in [0.15, 0.2) is 71.4 Å². The van der Waals surface area contributed by atoms with Crippen molar-refractivity contribution >= 4 is 43.6 Å². The summed E-state index contributed by atoms with van der Waals surface area (Å²) < 4.78 is 17.6. The van der Waals surface area contributed by atoms with Crippen LogP contribution in [-0.2, 0) is 6.54 Å². The number of rotatable bonds is 6. The minimum atomic E-state index is -0.293. The van der Waals surface area contributed by atoms with E-state index in [1.54, 1.807) is 43.6 Å². The number of nitrogens with zero attached hydrogens (tertiary/aromatic N) is 3. The maximum absolute atomic E-state index is 13.6. The molecule has 3 heterocycles. The smallest absolute Gasteiger partial charge is 0.296 e. The van der Waals surface area contributed by atoms with Gasteiger partial charge in [0.1, 0.15) is 5.75 Å². The van der Waals surface area contributed by atoms with Crippen LogP contribution in [0.5, 0.6) is 11.5 Å². The number of para-hydroxylation sites is 1. The minimum absolute atomic E-state index is 0.213. The first kappa shape index (κ1) is 20.0. The first-order chi connectivity index (χ1) is 15.7. The predicted molar refractivity (Wildman–Crippen MR) is 124 cm³/mol. The summed E-state index contributed by atoms with van der Waals surface area (Å²) in [6, 6.07) is 16.7. The van der Waals surface area contributed by atoms with Crippen molar-refractivity contribution in [1.29, 1.82) is 0 Å². The SMILES string of the molecule is COc1ccc2nc(N(Cc3cccnc3)C(=O)c3cc4cccc(OC)c4o3)sc2c1. The molecule has 0 aliphatic carbocycles. The van der Waals surface area contributed by atoms with Crippen LogP contribution in [0.25, 0.3) is 21.2 Å². The summed E-state index contributed by atoms with van der Waals surface area (Å²) in [5.74, 6) is 1.23. The molecule has 32 heavy (non-hydrogen) atoms. The molecule has 0 radical (unpaired) electrons. The van der Waals surface area contributed by atoms with E-state index >= 15 is 0 Å². The number of hydrogen-bond donors (Lipinski definition) is 0. The van der Waals surface area contributed by atoms with Crippen molar-refractivity contribution in [2.75, 3.05) is 19.1 Å². The Bertz CT molecular complexity index is 1410. The molecule has 0 N–H and O–H groups in total. The molecule has 0 saturated carbocycles. The summed E-state index contributed by atoms with van der Waals surface area (Å²) in [4.78, 5) is 24.1. The Balaban J connectivity index is 1.59. The molecule has 0 aliphatic heterocycles. The molecule has 3 aromatic heterocycles. The fraction of sp³-hybridized carbons (Fsp3) is 0.125. The topological polar surface area (TPSA) is 77.7 Å². The standard InChI is InChI=1S/C24H19N3O4S/c1-29-17-8-9-18-21(12-17)32-24(26-18)27(14-15-5-4-10-25-13-15)23(28)20-11-16-6-3-7-19(30-2)22(16)31-20/h3-13H,14H2,1-2H3. The number of amides is 1. The lowest BCUT2D eigenvalue weighted by Gasteiger charge is -2.18. The van der Waals surface area contributed by atoms with Gasteiger partial charge in [-0.3, -0.25) is 14.7 Å². The highest BCUT2D eigenvalue weighted by atomic mass is 32.1. The molecule has 0 atom stereocenters. The summed E-state index contributed by atoms with van der Waals surface area (Å²) in [5.41, 5.74) is 2.21. The number of hydrogen-bond acceptors (Lipinski definition) is 7. The summed E-state index contributed by atoms with van der Waals surface area (Å²) in [6.07, 6.45) is 3.43. The van der Waals surface area contributed by atoms with Gasteiger partial charge >= 0.3 is 0 Å². The number of anilines is 1. The largest absolute Gasteiger partial charge is 0.497 e. The molecule has 0 spiro atoms. The van der Waals surface area contributed by atoms with E-state index in [-0.39, 0.29) is 11.7 Å². The van der Waals surface area contributed by atoms with Crippen LogP contribution >= 0.6 is 11.3 Å². The van der Waals surface area contributed by atoms with Crippen LogP contribution in [0.4, 0.5) is 5.13 Å². The third kappa shape index (κ3) is 3.65. The number of methoxy groups -OCH3 is 2. The van der Waals surface area contributed by atoms with Gasteiger partial charge in [0.25, 0.3) is 5.91 Å². The maximum Gasteiger partial charge on any atom is 0.296 e. The molecular weight excluding hydrogens is 426 g/mol. The lowest BCUT2D eigenvalue weighted by atomic mass is 10.2. The summed E-state index contributed by atoms with van der Waals surface area (Å²) >= 11 is 1.42. The van der Waals surface area contributed by atoms with E-state index in [0.29, 0.717) is 23.0 Å². The zero-order valence-electron chi connectivity index (χ0n) is 17.4. The van der Waals surface area contributed by atoms with Gasteiger partial charge in [0.05, 0.1) is 31.0 Å². The molecule has 5 aromatic rings. The van der Waals surface area contributed by atoms with E-state index in [1.807, 2.05) is 42.5 Å². The van der Waals surface area contributed by atoms with Gasteiger partial charge in [-0.15, -0.1) is 0 Å². The van der Waals surface area contributed by atoms with Crippen LogP contribution in [0.3, 0.4) is 0 Å². The van der Waals surface area contributed by atoms with Crippen molar-refractivity contribution in [2.45, 2.75) is 6.54 Å². The monoisotopic (exact) mass is 445 g/mol. The van der Waals surface area contributed by atoms with Gasteiger partial charge in [-0.05, 0) is 42.0 Å². The fourth-order valence-electron chi connectivity index (χ4n) is 3.47. The average molecular weight is 446 g/mol. The van der Waals surface area contributed by atoms with Crippen LogP contribution in [0.2, 0.25) is 0 Å². The van der Waals surface area contributed by atoms with E-state index in [4.69, 9.17) is 18.9 Å². The van der Waals surface area contributed by atoms with E-state index < -0.39 is 0 Å². The van der Waals surface area contributed by atoms with E-state index in [2.05, 4.69) is 4.98 Å². The molecule has 7 nitrogen and oxygen atoms in total. The second kappa shape index (κ2) is 8.32. The van der Waals surface area contributed by atoms with Gasteiger partial charge in [0.2, 0.25) is 0 Å². The van der Waals surface area contributed by atoms with Crippen LogP contribution in [0, 0.1) is 0 Å². The third-order valence-corrected chi connectivity index (χ3v) is 6.10. The Morgan fingerprint density at radius 2 is 2.00 bits per heavy atom. The quantitative estimate of drug-likeness (QED) is 0.353. The maximum atomic E-state index is 13.6. The van der Waals surface area contributed by atoms with Crippen molar-refractivity contribution in [3.05, 3.63) is 78.3 Å². The third-order valence-electron chi connectivity index (χ3n) is 5.06. The predicted octanol–water partition coefficient (Wildman–Crippen LogP) is 5.30. The Hall–Kier alpha value is -3.91. The highest BCUT2D eigenvalue weighted by Gasteiger charge is 2.25. The Morgan fingerprint density at radius 1 is 1.09 bits per heavy atom. The van der Waals surface area contributed by atoms with Crippen LogP contribution in [-0.4, -0.2) is 30.1 Å². The first-order valence-electron chi connectivity index (χ1n) is 9.88. The first-order valence-corrected chi connectivity index (χ1v) is 10.7. The molecule has 160 valence electrons. The van der Waals surface area contributed by atoms with E-state index in [1.165, 1.54) is 11.3 Å². The Kier molecular flexibility index (Phi) is 5.20. The van der Waals surface area contributed by atoms with Crippen LogP contribution < -0.4 is 14.4 Å². The van der Waals surface area contributed by atoms with Crippen molar-refractivity contribution in [3.8, 4) is 11.5 Å². The van der Waals surface area contributed by atoms with E-state index in [0.717, 1.165) is 26.9 Å². The average Bonchev–Trinajstić information content (AvgIpc) is 3.46. The number of fused-ring (bicyclic) bond motifs is 2. The van der Waals surface area contributed by atoms with Crippen molar-refractivity contribution in [3.63, 3.8) is 0 Å². The lowest BCUT2D eigenvalue weighted by molar-refractivity contribution is 0.0960. The highest BCUT2D eigenvalue weighted by Crippen LogP contribution is 2.34. The number of furan rings is 1. The molecule has 5 rings (SSSR count). The van der Waals surface area contributed by atoms with Gasteiger partial charge < -0.3 is 13.9 Å². The fourth-order valence-corrected chi connectivity index (χ4v) is 4.46. The van der Waals surface area contributed by atoms with Crippen molar-refractivity contribution < 1.29 is 18.7 Å². The number of aromatic nitrogens is 2. The number of ether oxygens (including phenoxy) is 2. The highest BCUT2D eigenvalue weighted by molar-refractivity contribution is 7.22. The lowest BCUT2D eigenvalue weighted by Crippen LogP contribution is -2.30. The summed E-state index contributed by atoms with van der Waals surface area (Å²) in [6.45, 7) is 0.303. The van der Waals surface area contributed by atoms with Gasteiger partial charge in [0, 0.05) is 17.8 Å². The summed E-state index contributed by atoms with van der Waals surface area (Å²) in [7, 11) is 3.19. The molecule has 0 aliphatic rings. The molecule has 8 heteroatoms. The van der Waals surface area contributed by atoms with Crippen molar-refractivity contribution in [2.24, 2.45) is 0 Å². The van der Waals surface area contributed by atoms with Gasteiger partial charge in [-0.1, -0.05) is 29.5 Å². The number of thiazole rings is 1. The zero-order valence-corrected chi connectivity index (χ0v) is 18.3. The Morgan fingerprint density at radius 3 is 2.78 bits per heavy atom. The van der Waals surface area contributed by atoms with Gasteiger partial charge in [-0.25, -0.2) is 4.98 Å². The Labute approximate surface area is 187 Å². The van der Waals surface area contributed by atoms with Crippen LogP contribution in [0.1, 0.15) is 16.1 Å². The second-order valence-corrected chi connectivity index (χ2v) is 8.08. The molecule has 0 bridgehead atoms. The van der Waals surface area contributed by atoms with E-state index in [9.17, 15) is 4.79 Å². The van der Waals surface area contributed by atoms with Crippen molar-refractivity contribution in [1.82, 2.24) is 9.97 Å². The number of pyridine rings is 1. The number of carbonyl (C=O) groups is 1. The van der Waals surface area contributed by atoms with Gasteiger partial charge in [-0.2, -0.15) is 0 Å². The molecule has 1 amide bonds. The zero-order chi connectivity index (χ0) is 22.1.